The summed E-state index contributed by atoms with van der Waals surface area (Å²) < 4.78 is 23.3. The number of ketones is 1. The molecule has 2 rings (SSSR count). The minimum Gasteiger partial charge on any atom is -0.299 e. The molecule has 0 aliphatic heterocycles. The highest BCUT2D eigenvalue weighted by Gasteiger charge is 2.32. The molecule has 1 aliphatic rings. The molecule has 0 heterocycles. The Labute approximate surface area is 125 Å². The summed E-state index contributed by atoms with van der Waals surface area (Å²) in [4.78, 5) is 12.3. The number of carbonyl (C=O) groups is 1. The topological polar surface area (TPSA) is 51.2 Å². The van der Waals surface area contributed by atoms with E-state index < -0.39 is 9.84 Å². The quantitative estimate of drug-likeness (QED) is 0.858. The molecule has 0 bridgehead atoms. The highest BCUT2D eigenvalue weighted by Crippen LogP contribution is 2.30. The highest BCUT2D eigenvalue weighted by atomic mass is 35.5. The van der Waals surface area contributed by atoms with Crippen LogP contribution in [0, 0.1) is 5.92 Å². The molecular formula is C15H19ClO3S. The van der Waals surface area contributed by atoms with E-state index in [9.17, 15) is 13.2 Å². The van der Waals surface area contributed by atoms with E-state index in [2.05, 4.69) is 0 Å². The molecule has 0 radical (unpaired) electrons. The molecule has 3 nitrogen and oxygen atoms in total. The Kier molecular flexibility index (Phi) is 4.86. The van der Waals surface area contributed by atoms with Gasteiger partial charge in [0.05, 0.1) is 5.25 Å². The Morgan fingerprint density at radius 1 is 1.30 bits per heavy atom. The fourth-order valence-electron chi connectivity index (χ4n) is 2.80. The van der Waals surface area contributed by atoms with Crippen LogP contribution in [0.4, 0.5) is 0 Å². The molecule has 110 valence electrons. The van der Waals surface area contributed by atoms with Gasteiger partial charge in [-0.25, -0.2) is 8.42 Å². The van der Waals surface area contributed by atoms with Crippen LogP contribution in [0.5, 0.6) is 0 Å². The second-order valence-electron chi connectivity index (χ2n) is 5.55. The van der Waals surface area contributed by atoms with Crippen LogP contribution in [0.25, 0.3) is 0 Å². The molecule has 1 aliphatic carbocycles. The van der Waals surface area contributed by atoms with Gasteiger partial charge in [-0.1, -0.05) is 36.2 Å². The summed E-state index contributed by atoms with van der Waals surface area (Å²) >= 11 is 6.06. The third kappa shape index (κ3) is 3.83. The molecule has 1 aromatic rings. The van der Waals surface area contributed by atoms with Gasteiger partial charge in [-0.2, -0.15) is 0 Å². The summed E-state index contributed by atoms with van der Waals surface area (Å²) in [5.74, 6) is -0.0498. The van der Waals surface area contributed by atoms with Crippen LogP contribution in [-0.2, 0) is 21.1 Å². The van der Waals surface area contributed by atoms with E-state index in [1.54, 1.807) is 6.07 Å². The molecule has 5 heteroatoms. The minimum atomic E-state index is -3.05. The summed E-state index contributed by atoms with van der Waals surface area (Å²) in [6.07, 6.45) is 4.28. The summed E-state index contributed by atoms with van der Waals surface area (Å²) in [5.41, 5.74) is 0.820. The summed E-state index contributed by atoms with van der Waals surface area (Å²) in [7, 11) is -3.05. The molecule has 20 heavy (non-hydrogen) atoms. The predicted molar refractivity (Wildman–Crippen MR) is 80.8 cm³/mol. The zero-order valence-corrected chi connectivity index (χ0v) is 13.1. The van der Waals surface area contributed by atoms with Gasteiger partial charge in [0.2, 0.25) is 0 Å². The Morgan fingerprint density at radius 2 is 2.00 bits per heavy atom. The maximum atomic E-state index is 12.3. The van der Waals surface area contributed by atoms with Crippen LogP contribution in [0.1, 0.15) is 31.2 Å². The van der Waals surface area contributed by atoms with Crippen LogP contribution >= 0.6 is 11.6 Å². The van der Waals surface area contributed by atoms with Crippen LogP contribution in [0.2, 0.25) is 5.02 Å². The normalized spacial score (nSPS) is 23.5. The Balaban J connectivity index is 2.04. The fraction of sp³-hybridized carbons (Fsp3) is 0.533. The van der Waals surface area contributed by atoms with Crippen molar-refractivity contribution in [2.75, 3.05) is 6.26 Å². The number of hydrogen-bond acceptors (Lipinski definition) is 3. The molecule has 1 aromatic carbocycles. The molecule has 2 unspecified atom stereocenters. The van der Waals surface area contributed by atoms with Gasteiger partial charge in [0, 0.05) is 23.6 Å². The lowest BCUT2D eigenvalue weighted by Crippen LogP contribution is -2.31. The predicted octanol–water partition coefficient (Wildman–Crippen LogP) is 3.06. The standard InChI is InChI=1S/C15H19ClO3S/c1-20(18,19)13-7-4-6-12(9-13)15(17)10-11-5-2-3-8-14(11)16/h2-3,5,8,12-13H,4,6-7,9-10H2,1H3. The van der Waals surface area contributed by atoms with Gasteiger partial charge in [-0.05, 0) is 30.9 Å². The second kappa shape index (κ2) is 6.27. The monoisotopic (exact) mass is 314 g/mol. The van der Waals surface area contributed by atoms with E-state index in [4.69, 9.17) is 11.6 Å². The molecule has 0 saturated heterocycles. The van der Waals surface area contributed by atoms with Gasteiger partial charge in [0.1, 0.15) is 15.6 Å². The number of carbonyl (C=O) groups excluding carboxylic acids is 1. The Hall–Kier alpha value is -0.870. The van der Waals surface area contributed by atoms with Crippen molar-refractivity contribution in [3.05, 3.63) is 34.9 Å². The lowest BCUT2D eigenvalue weighted by Gasteiger charge is -2.27. The van der Waals surface area contributed by atoms with E-state index in [-0.39, 0.29) is 17.0 Å². The molecule has 2 atom stereocenters. The first-order chi connectivity index (χ1) is 9.38. The number of rotatable bonds is 4. The summed E-state index contributed by atoms with van der Waals surface area (Å²) in [6.45, 7) is 0. The van der Waals surface area contributed by atoms with Crippen molar-refractivity contribution in [1.29, 1.82) is 0 Å². The second-order valence-corrected chi connectivity index (χ2v) is 8.28. The summed E-state index contributed by atoms with van der Waals surface area (Å²) in [5, 5.41) is 0.229. The SMILES string of the molecule is CS(=O)(=O)C1CCCC(C(=O)Cc2ccccc2Cl)C1. The first kappa shape index (κ1) is 15.5. The molecule has 1 fully saturated rings. The number of Topliss-reactive ketones (excluding diaryl/α,β-unsaturated/α-hetero) is 1. The third-order valence-electron chi connectivity index (χ3n) is 4.01. The van der Waals surface area contributed by atoms with Gasteiger partial charge in [0.25, 0.3) is 0 Å². The number of benzene rings is 1. The molecule has 0 amide bonds. The maximum Gasteiger partial charge on any atom is 0.150 e. The Bertz CT molecular complexity index is 595. The van der Waals surface area contributed by atoms with Crippen molar-refractivity contribution in [2.24, 2.45) is 5.92 Å². The van der Waals surface area contributed by atoms with E-state index in [0.29, 0.717) is 24.3 Å². The van der Waals surface area contributed by atoms with E-state index in [0.717, 1.165) is 18.4 Å². The van der Waals surface area contributed by atoms with E-state index in [1.165, 1.54) is 6.26 Å². The fourth-order valence-corrected chi connectivity index (χ4v) is 4.18. The average Bonchev–Trinajstić information content (AvgIpc) is 2.40. The zero-order valence-electron chi connectivity index (χ0n) is 11.5. The van der Waals surface area contributed by atoms with Crippen molar-refractivity contribution in [3.63, 3.8) is 0 Å². The van der Waals surface area contributed by atoms with Gasteiger partial charge in [0.15, 0.2) is 0 Å². The lowest BCUT2D eigenvalue weighted by atomic mass is 9.84. The van der Waals surface area contributed by atoms with Crippen molar-refractivity contribution in [3.8, 4) is 0 Å². The van der Waals surface area contributed by atoms with Crippen LogP contribution in [0.15, 0.2) is 24.3 Å². The summed E-state index contributed by atoms with van der Waals surface area (Å²) in [6, 6.07) is 7.30. The largest absolute Gasteiger partial charge is 0.299 e. The van der Waals surface area contributed by atoms with Crippen LogP contribution in [0.3, 0.4) is 0 Å². The van der Waals surface area contributed by atoms with Gasteiger partial charge >= 0.3 is 0 Å². The maximum absolute atomic E-state index is 12.3. The smallest absolute Gasteiger partial charge is 0.150 e. The zero-order chi connectivity index (χ0) is 14.8. The highest BCUT2D eigenvalue weighted by molar-refractivity contribution is 7.91. The Morgan fingerprint density at radius 3 is 2.65 bits per heavy atom. The molecule has 1 saturated carbocycles. The van der Waals surface area contributed by atoms with Crippen LogP contribution in [-0.4, -0.2) is 25.7 Å². The van der Waals surface area contributed by atoms with Gasteiger partial charge in [-0.3, -0.25) is 4.79 Å². The van der Waals surface area contributed by atoms with Crippen molar-refractivity contribution < 1.29 is 13.2 Å². The van der Waals surface area contributed by atoms with Crippen molar-refractivity contribution in [1.82, 2.24) is 0 Å². The van der Waals surface area contributed by atoms with Crippen molar-refractivity contribution in [2.45, 2.75) is 37.4 Å². The van der Waals surface area contributed by atoms with Crippen molar-refractivity contribution >= 4 is 27.2 Å². The third-order valence-corrected chi connectivity index (χ3v) is 6.02. The van der Waals surface area contributed by atoms with E-state index in [1.807, 2.05) is 18.2 Å². The minimum absolute atomic E-state index is 0.103. The first-order valence-corrected chi connectivity index (χ1v) is 9.16. The average molecular weight is 315 g/mol. The molecule has 0 aromatic heterocycles. The molecule has 0 spiro atoms. The molecular weight excluding hydrogens is 296 g/mol. The van der Waals surface area contributed by atoms with Crippen LogP contribution < -0.4 is 0 Å². The number of halogens is 1. The first-order valence-electron chi connectivity index (χ1n) is 6.83. The van der Waals surface area contributed by atoms with E-state index >= 15 is 0 Å². The molecule has 0 N–H and O–H groups in total. The van der Waals surface area contributed by atoms with Gasteiger partial charge in [-0.15, -0.1) is 0 Å². The van der Waals surface area contributed by atoms with Gasteiger partial charge < -0.3 is 0 Å². The number of hydrogen-bond donors (Lipinski definition) is 0. The number of sulfone groups is 1. The lowest BCUT2D eigenvalue weighted by molar-refractivity contribution is -0.123.